The third kappa shape index (κ3) is 6.86. The van der Waals surface area contributed by atoms with Gasteiger partial charge in [-0.2, -0.15) is 0 Å². The number of hydrogen-bond donors (Lipinski definition) is 6. The van der Waals surface area contributed by atoms with Crippen molar-refractivity contribution in [3.05, 3.63) is 94.0 Å². The molecule has 0 aliphatic carbocycles. The quantitative estimate of drug-likeness (QED) is 0.0600. The van der Waals surface area contributed by atoms with E-state index in [-0.39, 0.29) is 81.1 Å². The van der Waals surface area contributed by atoms with Crippen molar-refractivity contribution >= 4 is 68.9 Å². The van der Waals surface area contributed by atoms with E-state index in [0.29, 0.717) is 68.9 Å². The summed E-state index contributed by atoms with van der Waals surface area (Å²) < 4.78 is 10.2. The minimum atomic E-state index is -0.514. The second-order valence-corrected chi connectivity index (χ2v) is 16.1. The van der Waals surface area contributed by atoms with Gasteiger partial charge in [0.1, 0.15) is 24.7 Å². The largest absolute Gasteiger partial charge is 0.507 e. The van der Waals surface area contributed by atoms with Crippen LogP contribution in [0.1, 0.15) is 72.9 Å². The highest BCUT2D eigenvalue weighted by atomic mass is 16.6. The van der Waals surface area contributed by atoms with Crippen LogP contribution >= 0.6 is 0 Å². The minimum Gasteiger partial charge on any atom is -0.507 e. The highest BCUT2D eigenvalue weighted by molar-refractivity contribution is 6.15. The molecule has 318 valence electrons. The van der Waals surface area contributed by atoms with E-state index < -0.39 is 23.7 Å². The third-order valence-electron chi connectivity index (χ3n) is 11.5. The van der Waals surface area contributed by atoms with Gasteiger partial charge in [-0.05, 0) is 84.0 Å². The summed E-state index contributed by atoms with van der Waals surface area (Å²) in [4.78, 5) is 36.7. The molecule has 2 saturated heterocycles. The van der Waals surface area contributed by atoms with Gasteiger partial charge in [-0.15, -0.1) is 0 Å². The number of cyclic esters (lactones) is 2. The first-order chi connectivity index (χ1) is 29.6. The van der Waals surface area contributed by atoms with Crippen molar-refractivity contribution in [3.63, 3.8) is 0 Å². The molecule has 6 aromatic carbocycles. The molecule has 2 heterocycles. The second kappa shape index (κ2) is 15.8. The Morgan fingerprint density at radius 2 is 0.952 bits per heavy atom. The molecule has 62 heavy (non-hydrogen) atoms. The Hall–Kier alpha value is -7.48. The summed E-state index contributed by atoms with van der Waals surface area (Å²) in [5.74, 6) is -3.00. The van der Waals surface area contributed by atoms with Crippen molar-refractivity contribution in [1.29, 1.82) is 0 Å². The molecule has 0 spiro atoms. The molecule has 2 aliphatic heterocycles. The maximum atomic E-state index is 12.5. The van der Waals surface area contributed by atoms with Crippen LogP contribution < -0.4 is 9.80 Å². The Morgan fingerprint density at radius 1 is 0.565 bits per heavy atom. The van der Waals surface area contributed by atoms with Crippen LogP contribution in [0, 0.1) is 13.8 Å². The minimum absolute atomic E-state index is 0.00599. The van der Waals surface area contributed by atoms with E-state index in [1.54, 1.807) is 74.5 Å². The fourth-order valence-electron chi connectivity index (χ4n) is 8.64. The summed E-state index contributed by atoms with van der Waals surface area (Å²) >= 11 is 0. The first kappa shape index (κ1) is 41.3. The molecule has 2 fully saturated rings. The number of rotatable bonds is 9. The molecule has 14 heteroatoms. The zero-order chi connectivity index (χ0) is 44.3. The number of amides is 2. The van der Waals surface area contributed by atoms with Gasteiger partial charge in [0.15, 0.2) is 23.0 Å². The first-order valence-corrected chi connectivity index (χ1v) is 20.2. The van der Waals surface area contributed by atoms with Crippen LogP contribution in [0.4, 0.5) is 32.3 Å². The Bertz CT molecular complexity index is 2720. The summed E-state index contributed by atoms with van der Waals surface area (Å²) in [7, 11) is 0. The van der Waals surface area contributed by atoms with Crippen LogP contribution in [0.3, 0.4) is 0 Å². The van der Waals surface area contributed by atoms with E-state index in [1.165, 1.54) is 22.2 Å². The number of phenols is 6. The van der Waals surface area contributed by atoms with Crippen molar-refractivity contribution in [2.45, 2.75) is 53.4 Å². The molecular weight excluding hydrogens is 793 g/mol. The zero-order valence-corrected chi connectivity index (χ0v) is 35.0. The monoisotopic (exact) mass is 838 g/mol. The number of ether oxygens (including phenoxy) is 2. The summed E-state index contributed by atoms with van der Waals surface area (Å²) in [5.41, 5.74) is 4.21. The van der Waals surface area contributed by atoms with Crippen molar-refractivity contribution in [1.82, 2.24) is 0 Å². The number of phenolic OH excluding ortho intramolecular Hbond substituents is 6. The molecule has 2 amide bonds. The Labute approximate surface area is 356 Å². The Morgan fingerprint density at radius 3 is 1.29 bits per heavy atom. The standard InChI is InChI=1S/C48H46N4O10/c1-23(2)35-31-17-25(5)37(43(55)39(31)33(41(53)45(35)57)21-49-27-9-7-11-29(19-27)51-13-15-61-47(51)59)38-26(6)18-32-36(24(3)4)46(58)42(54)34(40(32)44(38)56)22-50-28-10-8-12-30(20-28)52-14-16-62-48(52)60/h7-12,17-24,53-58H,13-16H2,1-6H3. The fraction of sp³-hybridized carbons (Fsp3) is 0.250. The third-order valence-corrected chi connectivity index (χ3v) is 11.5. The molecule has 6 N–H and O–H groups in total. The van der Waals surface area contributed by atoms with Crippen LogP contribution in [0.2, 0.25) is 0 Å². The van der Waals surface area contributed by atoms with Gasteiger partial charge in [0, 0.05) is 56.8 Å². The molecule has 6 aromatic rings. The highest BCUT2D eigenvalue weighted by Crippen LogP contribution is 2.54. The van der Waals surface area contributed by atoms with E-state index in [9.17, 15) is 40.2 Å². The maximum absolute atomic E-state index is 12.5. The van der Waals surface area contributed by atoms with E-state index >= 15 is 0 Å². The number of nitrogens with zero attached hydrogens (tertiary/aromatic N) is 4. The molecule has 0 radical (unpaired) electrons. The number of carbonyl (C=O) groups excluding carboxylic acids is 2. The van der Waals surface area contributed by atoms with E-state index in [2.05, 4.69) is 9.98 Å². The molecule has 0 bridgehead atoms. The Balaban J connectivity index is 1.35. The number of aryl methyl sites for hydroxylation is 2. The molecule has 0 saturated carbocycles. The van der Waals surface area contributed by atoms with Crippen molar-refractivity contribution in [2.24, 2.45) is 9.98 Å². The van der Waals surface area contributed by atoms with Crippen LogP contribution in [0.5, 0.6) is 34.5 Å². The van der Waals surface area contributed by atoms with Gasteiger partial charge in [0.25, 0.3) is 0 Å². The molecular formula is C48H46N4O10. The lowest BCUT2D eigenvalue weighted by atomic mass is 9.83. The van der Waals surface area contributed by atoms with Gasteiger partial charge in [-0.25, -0.2) is 9.59 Å². The number of aromatic hydroxyl groups is 6. The number of aliphatic imine (C=N–C) groups is 2. The lowest BCUT2D eigenvalue weighted by Gasteiger charge is -2.23. The Kier molecular flexibility index (Phi) is 10.5. The molecule has 0 unspecified atom stereocenters. The number of benzene rings is 6. The van der Waals surface area contributed by atoms with E-state index in [4.69, 9.17) is 9.47 Å². The van der Waals surface area contributed by atoms with Gasteiger partial charge in [0.2, 0.25) is 0 Å². The number of carbonyl (C=O) groups is 2. The maximum Gasteiger partial charge on any atom is 0.414 e. The summed E-state index contributed by atoms with van der Waals surface area (Å²) in [5, 5.41) is 72.4. The smallest absolute Gasteiger partial charge is 0.414 e. The topological polar surface area (TPSA) is 205 Å². The van der Waals surface area contributed by atoms with Crippen molar-refractivity contribution in [2.75, 3.05) is 36.1 Å². The average molecular weight is 839 g/mol. The van der Waals surface area contributed by atoms with Gasteiger partial charge in [0.05, 0.1) is 35.6 Å². The SMILES string of the molecule is Cc1cc2c(C(C)C)c(O)c(O)c(C=Nc3cccc(N4CCOC4=O)c3)c2c(O)c1-c1c(C)cc2c(C(C)C)c(O)c(O)c(C=Nc3cccc(N4CCOC4=O)c3)c2c1O. The average Bonchev–Trinajstić information content (AvgIpc) is 3.87. The molecule has 14 nitrogen and oxygen atoms in total. The van der Waals surface area contributed by atoms with Crippen molar-refractivity contribution < 1.29 is 49.7 Å². The van der Waals surface area contributed by atoms with Gasteiger partial charge >= 0.3 is 12.2 Å². The molecule has 2 aliphatic rings. The van der Waals surface area contributed by atoms with Gasteiger partial charge in [-0.3, -0.25) is 19.8 Å². The highest BCUT2D eigenvalue weighted by Gasteiger charge is 2.30. The molecule has 0 atom stereocenters. The summed E-state index contributed by atoms with van der Waals surface area (Å²) in [6.07, 6.45) is 1.71. The van der Waals surface area contributed by atoms with E-state index in [0.717, 1.165) is 0 Å². The van der Waals surface area contributed by atoms with E-state index in [1.807, 2.05) is 27.7 Å². The molecule has 0 aromatic heterocycles. The molecule has 8 rings (SSSR count). The van der Waals surface area contributed by atoms with Gasteiger partial charge < -0.3 is 40.1 Å². The van der Waals surface area contributed by atoms with Crippen molar-refractivity contribution in [3.8, 4) is 45.6 Å². The summed E-state index contributed by atoms with van der Waals surface area (Å²) in [6, 6.07) is 17.2. The van der Waals surface area contributed by atoms with Gasteiger partial charge in [-0.1, -0.05) is 52.0 Å². The van der Waals surface area contributed by atoms with Crippen LogP contribution in [-0.2, 0) is 9.47 Å². The predicted octanol–water partition coefficient (Wildman–Crippen LogP) is 10.2. The lowest BCUT2D eigenvalue weighted by molar-refractivity contribution is 0.180. The lowest BCUT2D eigenvalue weighted by Crippen LogP contribution is -2.22. The number of hydrogen-bond acceptors (Lipinski definition) is 12. The summed E-state index contributed by atoms with van der Waals surface area (Å²) in [6.45, 7) is 12.2. The van der Waals surface area contributed by atoms with Crippen LogP contribution in [0.25, 0.3) is 32.7 Å². The normalized spacial score (nSPS) is 14.5. The second-order valence-electron chi connectivity index (χ2n) is 16.1. The first-order valence-electron chi connectivity index (χ1n) is 20.2. The number of anilines is 2. The predicted molar refractivity (Wildman–Crippen MR) is 239 cm³/mol. The fourth-order valence-corrected chi connectivity index (χ4v) is 8.64. The zero-order valence-electron chi connectivity index (χ0n) is 35.0. The van der Waals surface area contributed by atoms with Crippen LogP contribution in [0.15, 0.2) is 70.6 Å². The van der Waals surface area contributed by atoms with Crippen LogP contribution in [-0.4, -0.2) is 81.6 Å². The number of fused-ring (bicyclic) bond motifs is 2.